The van der Waals surface area contributed by atoms with Gasteiger partial charge in [0, 0.05) is 24.3 Å². The average Bonchev–Trinajstić information content (AvgIpc) is 2.38. The van der Waals surface area contributed by atoms with Crippen LogP contribution in [0.2, 0.25) is 0 Å². The number of rotatable bonds is 8. The molecule has 0 saturated carbocycles. The highest BCUT2D eigenvalue weighted by Crippen LogP contribution is 2.14. The Morgan fingerprint density at radius 1 is 1.33 bits per heavy atom. The van der Waals surface area contributed by atoms with Crippen molar-refractivity contribution < 1.29 is 4.74 Å². The van der Waals surface area contributed by atoms with Gasteiger partial charge in [-0.2, -0.15) is 0 Å². The standard InChI is InChI=1S/C15H26N2O/c1-4-13(3)17(5-2)10-7-11-18-15-9-6-8-14(16)12-15/h6,8-9,12-13H,4-5,7,10-11,16H2,1-3H3. The Morgan fingerprint density at radius 2 is 2.11 bits per heavy atom. The molecule has 0 aliphatic heterocycles. The van der Waals surface area contributed by atoms with Crippen LogP contribution < -0.4 is 10.5 Å². The molecule has 0 heterocycles. The summed E-state index contributed by atoms with van der Waals surface area (Å²) in [5.41, 5.74) is 6.45. The topological polar surface area (TPSA) is 38.5 Å². The molecule has 0 saturated heterocycles. The van der Waals surface area contributed by atoms with Gasteiger partial charge in [0.1, 0.15) is 5.75 Å². The molecule has 102 valence electrons. The van der Waals surface area contributed by atoms with Gasteiger partial charge in [0.05, 0.1) is 6.61 Å². The normalized spacial score (nSPS) is 12.7. The van der Waals surface area contributed by atoms with Crippen molar-refractivity contribution in [2.24, 2.45) is 0 Å². The van der Waals surface area contributed by atoms with E-state index in [9.17, 15) is 0 Å². The van der Waals surface area contributed by atoms with Crippen LogP contribution in [0, 0.1) is 0 Å². The molecular weight excluding hydrogens is 224 g/mol. The van der Waals surface area contributed by atoms with Crippen LogP contribution >= 0.6 is 0 Å². The molecule has 0 aromatic heterocycles. The van der Waals surface area contributed by atoms with E-state index >= 15 is 0 Å². The number of hydrogen-bond acceptors (Lipinski definition) is 3. The molecule has 0 aliphatic carbocycles. The minimum absolute atomic E-state index is 0.655. The van der Waals surface area contributed by atoms with E-state index in [-0.39, 0.29) is 0 Å². The van der Waals surface area contributed by atoms with Crippen LogP contribution in [0.1, 0.15) is 33.6 Å². The zero-order valence-corrected chi connectivity index (χ0v) is 11.9. The summed E-state index contributed by atoms with van der Waals surface area (Å²) in [7, 11) is 0. The second kappa shape index (κ2) is 7.98. The number of benzene rings is 1. The fourth-order valence-electron chi connectivity index (χ4n) is 2.01. The first-order valence-electron chi connectivity index (χ1n) is 6.89. The van der Waals surface area contributed by atoms with Gasteiger partial charge in [-0.05, 0) is 38.4 Å². The molecule has 18 heavy (non-hydrogen) atoms. The highest BCUT2D eigenvalue weighted by atomic mass is 16.5. The summed E-state index contributed by atoms with van der Waals surface area (Å²) in [4.78, 5) is 2.49. The first-order chi connectivity index (χ1) is 8.67. The minimum atomic E-state index is 0.655. The predicted octanol–water partition coefficient (Wildman–Crippen LogP) is 3.16. The van der Waals surface area contributed by atoms with E-state index in [4.69, 9.17) is 10.5 Å². The first-order valence-corrected chi connectivity index (χ1v) is 6.89. The maximum absolute atomic E-state index is 5.70. The molecule has 2 N–H and O–H groups in total. The van der Waals surface area contributed by atoms with Crippen molar-refractivity contribution in [2.45, 2.75) is 39.7 Å². The Balaban J connectivity index is 2.25. The molecule has 0 radical (unpaired) electrons. The van der Waals surface area contributed by atoms with E-state index in [1.807, 2.05) is 24.3 Å². The Bertz CT molecular complexity index is 341. The number of nitrogen functional groups attached to an aromatic ring is 1. The van der Waals surface area contributed by atoms with Crippen LogP contribution in [-0.2, 0) is 0 Å². The molecule has 0 spiro atoms. The van der Waals surface area contributed by atoms with Crippen LogP contribution in [0.15, 0.2) is 24.3 Å². The lowest BCUT2D eigenvalue weighted by atomic mass is 10.2. The summed E-state index contributed by atoms with van der Waals surface area (Å²) < 4.78 is 5.69. The van der Waals surface area contributed by atoms with Crippen molar-refractivity contribution in [3.8, 4) is 5.75 Å². The smallest absolute Gasteiger partial charge is 0.121 e. The number of nitrogens with zero attached hydrogens (tertiary/aromatic N) is 1. The van der Waals surface area contributed by atoms with E-state index in [1.54, 1.807) is 0 Å². The number of hydrogen-bond donors (Lipinski definition) is 1. The molecular formula is C15H26N2O. The van der Waals surface area contributed by atoms with Crippen LogP contribution in [-0.4, -0.2) is 30.6 Å². The van der Waals surface area contributed by atoms with Gasteiger partial charge in [-0.1, -0.05) is 19.9 Å². The van der Waals surface area contributed by atoms with Crippen LogP contribution in [0.5, 0.6) is 5.75 Å². The lowest BCUT2D eigenvalue weighted by molar-refractivity contribution is 0.193. The Kier molecular flexibility index (Phi) is 6.58. The third kappa shape index (κ3) is 4.96. The van der Waals surface area contributed by atoms with E-state index < -0.39 is 0 Å². The SMILES string of the molecule is CCC(C)N(CC)CCCOc1cccc(N)c1. The predicted molar refractivity (Wildman–Crippen MR) is 78.0 cm³/mol. The Hall–Kier alpha value is -1.22. The second-order valence-corrected chi connectivity index (χ2v) is 4.66. The summed E-state index contributed by atoms with van der Waals surface area (Å²) in [5, 5.41) is 0. The van der Waals surface area contributed by atoms with E-state index in [1.165, 1.54) is 6.42 Å². The molecule has 0 aliphatic rings. The largest absolute Gasteiger partial charge is 0.493 e. The Morgan fingerprint density at radius 3 is 2.72 bits per heavy atom. The number of anilines is 1. The fraction of sp³-hybridized carbons (Fsp3) is 0.600. The van der Waals surface area contributed by atoms with E-state index in [0.29, 0.717) is 6.04 Å². The zero-order chi connectivity index (χ0) is 13.4. The molecule has 0 amide bonds. The van der Waals surface area contributed by atoms with Gasteiger partial charge >= 0.3 is 0 Å². The van der Waals surface area contributed by atoms with Gasteiger partial charge in [0.25, 0.3) is 0 Å². The molecule has 1 rings (SSSR count). The highest BCUT2D eigenvalue weighted by Gasteiger charge is 2.08. The fourth-order valence-corrected chi connectivity index (χ4v) is 2.01. The molecule has 3 nitrogen and oxygen atoms in total. The first kappa shape index (κ1) is 14.8. The number of ether oxygens (including phenoxy) is 1. The molecule has 1 unspecified atom stereocenters. The van der Waals surface area contributed by atoms with Crippen molar-refractivity contribution in [1.82, 2.24) is 4.90 Å². The van der Waals surface area contributed by atoms with Crippen LogP contribution in [0.4, 0.5) is 5.69 Å². The monoisotopic (exact) mass is 250 g/mol. The second-order valence-electron chi connectivity index (χ2n) is 4.66. The van der Waals surface area contributed by atoms with Crippen LogP contribution in [0.25, 0.3) is 0 Å². The maximum atomic E-state index is 5.70. The molecule has 0 fully saturated rings. The van der Waals surface area contributed by atoms with Gasteiger partial charge in [0.2, 0.25) is 0 Å². The summed E-state index contributed by atoms with van der Waals surface area (Å²) >= 11 is 0. The average molecular weight is 250 g/mol. The summed E-state index contributed by atoms with van der Waals surface area (Å²) in [5.74, 6) is 0.863. The maximum Gasteiger partial charge on any atom is 0.121 e. The molecule has 0 bridgehead atoms. The summed E-state index contributed by atoms with van der Waals surface area (Å²) in [6.45, 7) is 9.67. The quantitative estimate of drug-likeness (QED) is 0.569. The van der Waals surface area contributed by atoms with Crippen molar-refractivity contribution in [3.05, 3.63) is 24.3 Å². The minimum Gasteiger partial charge on any atom is -0.493 e. The number of nitrogens with two attached hydrogens (primary N) is 1. The van der Waals surface area contributed by atoms with E-state index in [0.717, 1.165) is 37.6 Å². The lowest BCUT2D eigenvalue weighted by Crippen LogP contribution is -2.33. The molecule has 1 aromatic rings. The van der Waals surface area contributed by atoms with Gasteiger partial charge in [-0.3, -0.25) is 0 Å². The lowest BCUT2D eigenvalue weighted by Gasteiger charge is -2.26. The zero-order valence-electron chi connectivity index (χ0n) is 11.9. The van der Waals surface area contributed by atoms with Gasteiger partial charge in [-0.15, -0.1) is 0 Å². The van der Waals surface area contributed by atoms with Gasteiger partial charge in [-0.25, -0.2) is 0 Å². The third-order valence-corrected chi connectivity index (χ3v) is 3.34. The van der Waals surface area contributed by atoms with E-state index in [2.05, 4.69) is 25.7 Å². The van der Waals surface area contributed by atoms with Crippen molar-refractivity contribution >= 4 is 5.69 Å². The highest BCUT2D eigenvalue weighted by molar-refractivity contribution is 5.43. The van der Waals surface area contributed by atoms with Crippen molar-refractivity contribution in [3.63, 3.8) is 0 Å². The summed E-state index contributed by atoms with van der Waals surface area (Å²) in [6.07, 6.45) is 2.25. The van der Waals surface area contributed by atoms with Gasteiger partial charge in [0.15, 0.2) is 0 Å². The summed E-state index contributed by atoms with van der Waals surface area (Å²) in [6, 6.07) is 8.26. The molecule has 3 heteroatoms. The molecule has 1 atom stereocenters. The van der Waals surface area contributed by atoms with Gasteiger partial charge < -0.3 is 15.4 Å². The van der Waals surface area contributed by atoms with Crippen molar-refractivity contribution in [2.75, 3.05) is 25.4 Å². The van der Waals surface area contributed by atoms with Crippen LogP contribution in [0.3, 0.4) is 0 Å². The third-order valence-electron chi connectivity index (χ3n) is 3.34. The Labute approximate surface area is 111 Å². The van der Waals surface area contributed by atoms with Crippen molar-refractivity contribution in [1.29, 1.82) is 0 Å². The molecule has 1 aromatic carbocycles.